The first kappa shape index (κ1) is 11.5. The SMILES string of the molecule is CSN1C=CN(SC)C1=Cc1ccccc1. The van der Waals surface area contributed by atoms with Gasteiger partial charge in [0.15, 0.2) is 0 Å². The van der Waals surface area contributed by atoms with Crippen molar-refractivity contribution in [2.75, 3.05) is 12.5 Å². The lowest BCUT2D eigenvalue weighted by Gasteiger charge is -2.20. The molecule has 0 fully saturated rings. The summed E-state index contributed by atoms with van der Waals surface area (Å²) in [5.41, 5.74) is 1.22. The second-order valence-electron chi connectivity index (χ2n) is 3.23. The maximum atomic E-state index is 2.19. The van der Waals surface area contributed by atoms with Crippen LogP contribution < -0.4 is 0 Å². The highest BCUT2D eigenvalue weighted by atomic mass is 32.2. The highest BCUT2D eigenvalue weighted by molar-refractivity contribution is 7.97. The summed E-state index contributed by atoms with van der Waals surface area (Å²) >= 11 is 3.40. The molecule has 0 atom stereocenters. The van der Waals surface area contributed by atoms with E-state index in [2.05, 4.69) is 63.9 Å². The van der Waals surface area contributed by atoms with E-state index in [1.807, 2.05) is 6.07 Å². The molecule has 0 unspecified atom stereocenters. The summed E-state index contributed by atoms with van der Waals surface area (Å²) in [7, 11) is 0. The molecule has 0 radical (unpaired) electrons. The van der Waals surface area contributed by atoms with E-state index in [1.54, 1.807) is 23.9 Å². The molecular weight excluding hydrogens is 236 g/mol. The second kappa shape index (κ2) is 5.37. The quantitative estimate of drug-likeness (QED) is 0.755. The van der Waals surface area contributed by atoms with E-state index in [4.69, 9.17) is 0 Å². The molecule has 2 rings (SSSR count). The summed E-state index contributed by atoms with van der Waals surface area (Å²) in [5.74, 6) is 1.19. The van der Waals surface area contributed by atoms with Gasteiger partial charge in [-0.15, -0.1) is 0 Å². The lowest BCUT2D eigenvalue weighted by Crippen LogP contribution is -2.11. The van der Waals surface area contributed by atoms with Crippen molar-refractivity contribution in [1.82, 2.24) is 8.61 Å². The summed E-state index contributed by atoms with van der Waals surface area (Å²) in [6.07, 6.45) is 10.5. The van der Waals surface area contributed by atoms with E-state index < -0.39 is 0 Å². The van der Waals surface area contributed by atoms with Crippen LogP contribution in [0.1, 0.15) is 5.56 Å². The van der Waals surface area contributed by atoms with Crippen LogP contribution in [0.4, 0.5) is 0 Å². The average molecular weight is 250 g/mol. The first-order valence-electron chi connectivity index (χ1n) is 4.97. The van der Waals surface area contributed by atoms with Gasteiger partial charge in [0, 0.05) is 24.9 Å². The number of hydrogen-bond acceptors (Lipinski definition) is 4. The third kappa shape index (κ3) is 2.39. The van der Waals surface area contributed by atoms with Crippen molar-refractivity contribution in [1.29, 1.82) is 0 Å². The Morgan fingerprint density at radius 1 is 0.938 bits per heavy atom. The molecule has 0 aliphatic carbocycles. The summed E-state index contributed by atoms with van der Waals surface area (Å²) in [5, 5.41) is 0. The van der Waals surface area contributed by atoms with Crippen LogP contribution in [0.5, 0.6) is 0 Å². The van der Waals surface area contributed by atoms with Gasteiger partial charge in [-0.05, 0) is 35.5 Å². The molecule has 1 aliphatic heterocycles. The molecule has 0 saturated carbocycles. The number of rotatable bonds is 3. The van der Waals surface area contributed by atoms with Crippen molar-refractivity contribution in [3.63, 3.8) is 0 Å². The predicted octanol–water partition coefficient (Wildman–Crippen LogP) is 3.63. The van der Waals surface area contributed by atoms with Crippen molar-refractivity contribution in [3.8, 4) is 0 Å². The largest absolute Gasteiger partial charge is 0.275 e. The maximum Gasteiger partial charge on any atom is 0.133 e. The Morgan fingerprint density at radius 3 is 2.00 bits per heavy atom. The van der Waals surface area contributed by atoms with Gasteiger partial charge in [0.1, 0.15) is 5.82 Å². The third-order valence-corrected chi connectivity index (χ3v) is 3.68. The highest BCUT2D eigenvalue weighted by Crippen LogP contribution is 2.31. The Labute approximate surface area is 105 Å². The molecule has 1 aromatic carbocycles. The van der Waals surface area contributed by atoms with Gasteiger partial charge < -0.3 is 0 Å². The fourth-order valence-corrected chi connectivity index (χ4v) is 2.56. The van der Waals surface area contributed by atoms with E-state index in [9.17, 15) is 0 Å². The van der Waals surface area contributed by atoms with Crippen molar-refractivity contribution in [3.05, 3.63) is 54.1 Å². The number of hydrogen-bond donors (Lipinski definition) is 0. The van der Waals surface area contributed by atoms with Crippen LogP contribution in [-0.2, 0) is 0 Å². The third-order valence-electron chi connectivity index (χ3n) is 2.28. The lowest BCUT2D eigenvalue weighted by molar-refractivity contribution is 0.662. The van der Waals surface area contributed by atoms with Crippen LogP contribution in [0, 0.1) is 0 Å². The first-order chi connectivity index (χ1) is 7.85. The van der Waals surface area contributed by atoms with Crippen LogP contribution in [0.3, 0.4) is 0 Å². The summed E-state index contributed by atoms with van der Waals surface area (Å²) in [6.45, 7) is 0. The molecule has 0 saturated heterocycles. The molecule has 0 bridgehead atoms. The standard InChI is InChI=1S/C12H14N2S2/c1-15-13-8-9-14(16-2)12(13)10-11-6-4-3-5-7-11/h3-10H,1-2H3. The molecule has 0 amide bonds. The molecule has 0 spiro atoms. The zero-order valence-electron chi connectivity index (χ0n) is 9.33. The fraction of sp³-hybridized carbons (Fsp3) is 0.167. The lowest BCUT2D eigenvalue weighted by atomic mass is 10.2. The van der Waals surface area contributed by atoms with Crippen molar-refractivity contribution in [2.24, 2.45) is 0 Å². The minimum atomic E-state index is 1.19. The van der Waals surface area contributed by atoms with E-state index in [1.165, 1.54) is 11.4 Å². The summed E-state index contributed by atoms with van der Waals surface area (Å²) in [6, 6.07) is 10.4. The molecule has 2 nitrogen and oxygen atoms in total. The van der Waals surface area contributed by atoms with E-state index >= 15 is 0 Å². The van der Waals surface area contributed by atoms with Crippen molar-refractivity contribution >= 4 is 30.0 Å². The summed E-state index contributed by atoms with van der Waals surface area (Å²) < 4.78 is 4.31. The molecule has 0 N–H and O–H groups in total. The van der Waals surface area contributed by atoms with Crippen molar-refractivity contribution < 1.29 is 0 Å². The smallest absolute Gasteiger partial charge is 0.133 e. The number of nitrogens with zero attached hydrogens (tertiary/aromatic N) is 2. The maximum absolute atomic E-state index is 2.19. The van der Waals surface area contributed by atoms with Gasteiger partial charge in [-0.1, -0.05) is 30.3 Å². The van der Waals surface area contributed by atoms with Gasteiger partial charge in [-0.3, -0.25) is 8.61 Å². The molecule has 0 aromatic heterocycles. The van der Waals surface area contributed by atoms with Gasteiger partial charge in [0.05, 0.1) is 0 Å². The molecule has 1 heterocycles. The Balaban J connectivity index is 2.27. The molecule has 1 aromatic rings. The van der Waals surface area contributed by atoms with E-state index in [0.717, 1.165) is 0 Å². The molecule has 16 heavy (non-hydrogen) atoms. The Morgan fingerprint density at radius 2 is 1.50 bits per heavy atom. The van der Waals surface area contributed by atoms with Crippen LogP contribution in [0.25, 0.3) is 6.08 Å². The van der Waals surface area contributed by atoms with E-state index in [-0.39, 0.29) is 0 Å². The normalized spacial score (nSPS) is 14.8. The Kier molecular flexibility index (Phi) is 3.85. The fourth-order valence-electron chi connectivity index (χ4n) is 1.51. The Hall–Kier alpha value is -1.00. The molecule has 1 aliphatic rings. The first-order valence-corrected chi connectivity index (χ1v) is 7.33. The van der Waals surface area contributed by atoms with Crippen LogP contribution >= 0.6 is 23.9 Å². The van der Waals surface area contributed by atoms with Crippen molar-refractivity contribution in [2.45, 2.75) is 0 Å². The molecule has 4 heteroatoms. The van der Waals surface area contributed by atoms with Crippen LogP contribution in [0.15, 0.2) is 48.6 Å². The van der Waals surface area contributed by atoms with Gasteiger partial charge in [-0.25, -0.2) is 0 Å². The van der Waals surface area contributed by atoms with Gasteiger partial charge in [0.2, 0.25) is 0 Å². The highest BCUT2D eigenvalue weighted by Gasteiger charge is 2.18. The predicted molar refractivity (Wildman–Crippen MR) is 74.3 cm³/mol. The topological polar surface area (TPSA) is 6.48 Å². The van der Waals surface area contributed by atoms with Gasteiger partial charge in [-0.2, -0.15) is 0 Å². The Bertz CT molecular complexity index is 385. The average Bonchev–Trinajstić information content (AvgIpc) is 2.72. The molecule has 84 valence electrons. The monoisotopic (exact) mass is 250 g/mol. The number of benzene rings is 1. The minimum Gasteiger partial charge on any atom is -0.275 e. The van der Waals surface area contributed by atoms with Gasteiger partial charge in [0.25, 0.3) is 0 Å². The zero-order chi connectivity index (χ0) is 11.4. The summed E-state index contributed by atoms with van der Waals surface area (Å²) in [4.78, 5) is 0. The van der Waals surface area contributed by atoms with Crippen LogP contribution in [-0.4, -0.2) is 21.1 Å². The second-order valence-corrected chi connectivity index (χ2v) is 4.75. The van der Waals surface area contributed by atoms with Crippen LogP contribution in [0.2, 0.25) is 0 Å². The van der Waals surface area contributed by atoms with E-state index in [0.29, 0.717) is 0 Å². The molecular formula is C12H14N2S2. The minimum absolute atomic E-state index is 1.19. The van der Waals surface area contributed by atoms with Gasteiger partial charge >= 0.3 is 0 Å². The zero-order valence-corrected chi connectivity index (χ0v) is 11.0.